The number of ether oxygens (including phenoxy) is 1. The van der Waals surface area contributed by atoms with Crippen LogP contribution in [0.3, 0.4) is 0 Å². The van der Waals surface area contributed by atoms with Crippen LogP contribution in [0.1, 0.15) is 34.3 Å². The van der Waals surface area contributed by atoms with E-state index in [2.05, 4.69) is 21.3 Å². The summed E-state index contributed by atoms with van der Waals surface area (Å²) in [5.41, 5.74) is 3.19. The summed E-state index contributed by atoms with van der Waals surface area (Å²) in [4.78, 5) is 18.1. The van der Waals surface area contributed by atoms with Crippen molar-refractivity contribution in [3.8, 4) is 5.75 Å². The second-order valence-electron chi connectivity index (χ2n) is 8.00. The first-order valence-electron chi connectivity index (χ1n) is 10.3. The minimum Gasteiger partial charge on any atom is -0.489 e. The van der Waals surface area contributed by atoms with Gasteiger partial charge in [0.25, 0.3) is 0 Å². The first-order chi connectivity index (χ1) is 15.0. The monoisotopic (exact) mass is 435 g/mol. The molecule has 0 atom stereocenters. The lowest BCUT2D eigenvalue weighted by Gasteiger charge is -2.33. The van der Waals surface area contributed by atoms with E-state index in [1.807, 2.05) is 36.4 Å². The number of carboxylic acid groups (broad SMARTS) is 1. The highest BCUT2D eigenvalue weighted by atomic mass is 35.5. The first kappa shape index (κ1) is 19.7. The van der Waals surface area contributed by atoms with Crippen molar-refractivity contribution in [3.63, 3.8) is 0 Å². The van der Waals surface area contributed by atoms with Gasteiger partial charge in [0, 0.05) is 23.8 Å². The van der Waals surface area contributed by atoms with Gasteiger partial charge < -0.3 is 20.1 Å². The molecular formula is C24H22ClN3O3. The summed E-state index contributed by atoms with van der Waals surface area (Å²) in [6.45, 7) is 2.07. The van der Waals surface area contributed by atoms with Crippen molar-refractivity contribution in [3.05, 3.63) is 82.5 Å². The predicted octanol–water partition coefficient (Wildman–Crippen LogP) is 4.93. The number of aromatic carboxylic acids is 1. The van der Waals surface area contributed by atoms with E-state index in [0.29, 0.717) is 13.2 Å². The number of carboxylic acids is 1. The number of carbonyl (C=O) groups is 1. The Hall–Kier alpha value is -3.25. The molecule has 2 aromatic carbocycles. The van der Waals surface area contributed by atoms with Crippen molar-refractivity contribution in [1.29, 1.82) is 0 Å². The quantitative estimate of drug-likeness (QED) is 0.571. The van der Waals surface area contributed by atoms with Crippen molar-refractivity contribution in [2.75, 3.05) is 23.4 Å². The van der Waals surface area contributed by atoms with Gasteiger partial charge in [0.1, 0.15) is 18.0 Å². The highest BCUT2D eigenvalue weighted by molar-refractivity contribution is 6.30. The van der Waals surface area contributed by atoms with Crippen LogP contribution in [0.5, 0.6) is 5.75 Å². The van der Waals surface area contributed by atoms with Gasteiger partial charge in [0.05, 0.1) is 17.6 Å². The number of anilines is 2. The summed E-state index contributed by atoms with van der Waals surface area (Å²) < 4.78 is 5.93. The number of aromatic nitrogens is 1. The SMILES string of the molecule is O=C(O)c1ccc(C2(Nc3nccc4c3N(Cc3cccc(Cl)c3)CCO4)CC2)cc1. The highest BCUT2D eigenvalue weighted by Gasteiger charge is 2.45. The Balaban J connectivity index is 1.45. The fourth-order valence-electron chi connectivity index (χ4n) is 4.11. The van der Waals surface area contributed by atoms with Crippen LogP contribution < -0.4 is 15.0 Å². The van der Waals surface area contributed by atoms with E-state index < -0.39 is 5.97 Å². The van der Waals surface area contributed by atoms with Crippen LogP contribution >= 0.6 is 11.6 Å². The van der Waals surface area contributed by atoms with Crippen LogP contribution in [0.2, 0.25) is 5.02 Å². The third kappa shape index (κ3) is 3.91. The molecular weight excluding hydrogens is 414 g/mol. The maximum atomic E-state index is 11.2. The number of hydrogen-bond donors (Lipinski definition) is 2. The zero-order valence-electron chi connectivity index (χ0n) is 16.8. The zero-order chi connectivity index (χ0) is 21.4. The fraction of sp³-hybridized carbons (Fsp3) is 0.250. The maximum Gasteiger partial charge on any atom is 0.335 e. The molecule has 0 saturated heterocycles. The number of nitrogens with zero attached hydrogens (tertiary/aromatic N) is 2. The zero-order valence-corrected chi connectivity index (χ0v) is 17.6. The molecule has 0 radical (unpaired) electrons. The normalized spacial score (nSPS) is 16.2. The van der Waals surface area contributed by atoms with Gasteiger partial charge in [-0.3, -0.25) is 0 Å². The molecule has 31 heavy (non-hydrogen) atoms. The number of hydrogen-bond acceptors (Lipinski definition) is 5. The summed E-state index contributed by atoms with van der Waals surface area (Å²) in [6.07, 6.45) is 3.67. The molecule has 0 unspecified atom stereocenters. The third-order valence-corrected chi connectivity index (χ3v) is 6.11. The Bertz CT molecular complexity index is 1130. The third-order valence-electron chi connectivity index (χ3n) is 5.88. The van der Waals surface area contributed by atoms with E-state index in [0.717, 1.165) is 52.8 Å². The Morgan fingerprint density at radius 3 is 2.71 bits per heavy atom. The second-order valence-corrected chi connectivity index (χ2v) is 8.43. The van der Waals surface area contributed by atoms with Crippen molar-refractivity contribution in [2.24, 2.45) is 0 Å². The van der Waals surface area contributed by atoms with Crippen molar-refractivity contribution in [2.45, 2.75) is 24.9 Å². The van der Waals surface area contributed by atoms with Crippen molar-refractivity contribution in [1.82, 2.24) is 4.98 Å². The smallest absolute Gasteiger partial charge is 0.335 e. The number of halogens is 1. The van der Waals surface area contributed by atoms with Crippen LogP contribution in [0.25, 0.3) is 0 Å². The number of rotatable bonds is 6. The van der Waals surface area contributed by atoms with E-state index in [1.165, 1.54) is 0 Å². The summed E-state index contributed by atoms with van der Waals surface area (Å²) in [5, 5.41) is 13.5. The van der Waals surface area contributed by atoms with Gasteiger partial charge in [-0.1, -0.05) is 35.9 Å². The summed E-state index contributed by atoms with van der Waals surface area (Å²) >= 11 is 6.18. The Morgan fingerprint density at radius 2 is 2.00 bits per heavy atom. The number of nitrogens with one attached hydrogen (secondary N) is 1. The molecule has 2 N–H and O–H groups in total. The Labute approximate surface area is 185 Å². The number of pyridine rings is 1. The van der Waals surface area contributed by atoms with E-state index in [9.17, 15) is 9.90 Å². The fourth-order valence-corrected chi connectivity index (χ4v) is 4.32. The topological polar surface area (TPSA) is 74.7 Å². The molecule has 1 fully saturated rings. The van der Waals surface area contributed by atoms with Crippen molar-refractivity contribution >= 4 is 29.1 Å². The van der Waals surface area contributed by atoms with Gasteiger partial charge in [-0.05, 0) is 48.2 Å². The molecule has 0 bridgehead atoms. The average Bonchev–Trinajstić information content (AvgIpc) is 3.55. The van der Waals surface area contributed by atoms with Gasteiger partial charge in [0.15, 0.2) is 5.82 Å². The molecule has 3 aromatic rings. The lowest BCUT2D eigenvalue weighted by atomic mass is 10.0. The Kier molecular flexibility index (Phi) is 4.94. The molecule has 158 valence electrons. The molecule has 1 aromatic heterocycles. The number of benzene rings is 2. The van der Waals surface area contributed by atoms with Gasteiger partial charge >= 0.3 is 5.97 Å². The standard InChI is InChI=1S/C24H22ClN3O3/c25-19-3-1-2-16(14-19)15-28-12-13-31-20-8-11-26-22(21(20)28)27-24(9-10-24)18-6-4-17(5-7-18)23(29)30/h1-8,11,14H,9-10,12-13,15H2,(H,26,27)(H,29,30). The first-order valence-corrected chi connectivity index (χ1v) is 10.7. The van der Waals surface area contributed by atoms with E-state index >= 15 is 0 Å². The van der Waals surface area contributed by atoms with Crippen LogP contribution in [-0.4, -0.2) is 29.2 Å². The lowest BCUT2D eigenvalue weighted by molar-refractivity contribution is 0.0697. The van der Waals surface area contributed by atoms with Crippen LogP contribution in [0.15, 0.2) is 60.8 Å². The van der Waals surface area contributed by atoms with E-state index in [1.54, 1.807) is 18.3 Å². The van der Waals surface area contributed by atoms with E-state index in [4.69, 9.17) is 16.3 Å². The molecule has 0 amide bonds. The molecule has 2 aliphatic rings. The molecule has 1 aliphatic carbocycles. The largest absolute Gasteiger partial charge is 0.489 e. The molecule has 7 heteroatoms. The molecule has 5 rings (SSSR count). The molecule has 1 aliphatic heterocycles. The minimum atomic E-state index is -0.919. The summed E-state index contributed by atoms with van der Waals surface area (Å²) in [7, 11) is 0. The highest BCUT2D eigenvalue weighted by Crippen LogP contribution is 2.50. The van der Waals surface area contributed by atoms with Gasteiger partial charge in [0.2, 0.25) is 0 Å². The predicted molar refractivity (Wildman–Crippen MR) is 120 cm³/mol. The number of fused-ring (bicyclic) bond motifs is 1. The van der Waals surface area contributed by atoms with Crippen LogP contribution in [-0.2, 0) is 12.1 Å². The van der Waals surface area contributed by atoms with Crippen molar-refractivity contribution < 1.29 is 14.6 Å². The van der Waals surface area contributed by atoms with Crippen LogP contribution in [0, 0.1) is 0 Å². The second kappa shape index (κ2) is 7.78. The molecule has 2 heterocycles. The van der Waals surface area contributed by atoms with Gasteiger partial charge in [-0.2, -0.15) is 0 Å². The minimum absolute atomic E-state index is 0.238. The van der Waals surface area contributed by atoms with Gasteiger partial charge in [-0.15, -0.1) is 0 Å². The summed E-state index contributed by atoms with van der Waals surface area (Å²) in [6, 6.07) is 16.9. The molecule has 6 nitrogen and oxygen atoms in total. The molecule has 1 saturated carbocycles. The van der Waals surface area contributed by atoms with Gasteiger partial charge in [-0.25, -0.2) is 9.78 Å². The summed E-state index contributed by atoms with van der Waals surface area (Å²) in [5.74, 6) is 0.666. The molecule has 0 spiro atoms. The Morgan fingerprint density at radius 1 is 1.19 bits per heavy atom. The van der Waals surface area contributed by atoms with E-state index in [-0.39, 0.29) is 11.1 Å². The lowest BCUT2D eigenvalue weighted by Crippen LogP contribution is -2.34. The van der Waals surface area contributed by atoms with Crippen LogP contribution in [0.4, 0.5) is 11.5 Å². The average molecular weight is 436 g/mol. The maximum absolute atomic E-state index is 11.2.